The Hall–Kier alpha value is -1.74. The summed E-state index contributed by atoms with van der Waals surface area (Å²) in [5.41, 5.74) is 8.27. The molecule has 5 nitrogen and oxygen atoms in total. The fourth-order valence-corrected chi connectivity index (χ4v) is 2.03. The Balaban J connectivity index is 3.08. The number of aryl methyl sites for hydroxylation is 2. The summed E-state index contributed by atoms with van der Waals surface area (Å²) >= 11 is 0. The SMILES string of the molecule is Cc1cc(NS(=O)(=O)CC#N)c(C)cc1N. The molecular formula is C10H13N3O2S. The second-order valence-electron chi connectivity index (χ2n) is 3.54. The Morgan fingerprint density at radius 1 is 1.38 bits per heavy atom. The van der Waals surface area contributed by atoms with Crippen molar-refractivity contribution in [2.45, 2.75) is 13.8 Å². The van der Waals surface area contributed by atoms with Gasteiger partial charge in [-0.2, -0.15) is 5.26 Å². The van der Waals surface area contributed by atoms with E-state index in [1.54, 1.807) is 32.0 Å². The molecule has 3 N–H and O–H groups in total. The van der Waals surface area contributed by atoms with E-state index < -0.39 is 15.8 Å². The van der Waals surface area contributed by atoms with Crippen LogP contribution < -0.4 is 10.5 Å². The molecule has 86 valence electrons. The van der Waals surface area contributed by atoms with E-state index in [1.807, 2.05) is 0 Å². The molecule has 0 aliphatic carbocycles. The summed E-state index contributed by atoms with van der Waals surface area (Å²) in [6.07, 6.45) is 0. The first kappa shape index (κ1) is 12.3. The van der Waals surface area contributed by atoms with E-state index in [0.29, 0.717) is 11.4 Å². The molecule has 0 aliphatic heterocycles. The zero-order valence-corrected chi connectivity index (χ0v) is 9.93. The van der Waals surface area contributed by atoms with Gasteiger partial charge in [-0.1, -0.05) is 0 Å². The molecule has 6 heteroatoms. The van der Waals surface area contributed by atoms with Crippen molar-refractivity contribution in [3.05, 3.63) is 23.3 Å². The molecule has 0 fully saturated rings. The third-order valence-electron chi connectivity index (χ3n) is 2.13. The van der Waals surface area contributed by atoms with E-state index in [2.05, 4.69) is 4.72 Å². The molecule has 0 radical (unpaired) electrons. The second-order valence-corrected chi connectivity index (χ2v) is 5.27. The van der Waals surface area contributed by atoms with Crippen LogP contribution in [0.5, 0.6) is 0 Å². The number of hydrogen-bond acceptors (Lipinski definition) is 4. The predicted octanol–water partition coefficient (Wildman–Crippen LogP) is 1.15. The number of sulfonamides is 1. The van der Waals surface area contributed by atoms with Crippen LogP contribution in [0.3, 0.4) is 0 Å². The quantitative estimate of drug-likeness (QED) is 0.773. The minimum atomic E-state index is -3.59. The molecule has 0 saturated carbocycles. The number of nitrogens with two attached hydrogens (primary N) is 1. The lowest BCUT2D eigenvalue weighted by molar-refractivity contribution is 0.604. The minimum Gasteiger partial charge on any atom is -0.399 e. The Bertz CT molecular complexity index is 544. The summed E-state index contributed by atoms with van der Waals surface area (Å²) in [6, 6.07) is 4.94. The van der Waals surface area contributed by atoms with Crippen molar-refractivity contribution in [3.8, 4) is 6.07 Å². The first-order valence-electron chi connectivity index (χ1n) is 4.60. The monoisotopic (exact) mass is 239 g/mol. The molecule has 0 atom stereocenters. The molecule has 0 spiro atoms. The number of nitrogens with one attached hydrogen (secondary N) is 1. The first-order valence-corrected chi connectivity index (χ1v) is 6.25. The Morgan fingerprint density at radius 2 is 2.00 bits per heavy atom. The highest BCUT2D eigenvalue weighted by molar-refractivity contribution is 7.92. The third-order valence-corrected chi connectivity index (χ3v) is 3.17. The topological polar surface area (TPSA) is 96.0 Å². The maximum absolute atomic E-state index is 11.4. The van der Waals surface area contributed by atoms with Crippen LogP contribution in [-0.2, 0) is 10.0 Å². The van der Waals surface area contributed by atoms with Gasteiger partial charge in [0.15, 0.2) is 5.75 Å². The van der Waals surface area contributed by atoms with E-state index in [1.165, 1.54) is 0 Å². The van der Waals surface area contributed by atoms with Crippen molar-refractivity contribution >= 4 is 21.4 Å². The lowest BCUT2D eigenvalue weighted by Gasteiger charge is -2.11. The molecule has 0 saturated heterocycles. The lowest BCUT2D eigenvalue weighted by Crippen LogP contribution is -2.16. The number of anilines is 2. The molecule has 0 bridgehead atoms. The molecule has 1 aromatic rings. The van der Waals surface area contributed by atoms with Crippen molar-refractivity contribution < 1.29 is 8.42 Å². The molecule has 1 aromatic carbocycles. The number of nitriles is 1. The summed E-state index contributed by atoms with van der Waals surface area (Å²) in [6.45, 7) is 3.54. The molecule has 1 rings (SSSR count). The van der Waals surface area contributed by atoms with Gasteiger partial charge in [0.2, 0.25) is 10.0 Å². The van der Waals surface area contributed by atoms with Gasteiger partial charge in [0, 0.05) is 5.69 Å². The third kappa shape index (κ3) is 2.87. The number of nitrogen functional groups attached to an aromatic ring is 1. The van der Waals surface area contributed by atoms with Crippen LogP contribution in [0.2, 0.25) is 0 Å². The maximum atomic E-state index is 11.4. The highest BCUT2D eigenvalue weighted by Gasteiger charge is 2.11. The summed E-state index contributed by atoms with van der Waals surface area (Å²) < 4.78 is 25.1. The van der Waals surface area contributed by atoms with Crippen LogP contribution in [0.4, 0.5) is 11.4 Å². The van der Waals surface area contributed by atoms with Gasteiger partial charge < -0.3 is 5.73 Å². The Kier molecular flexibility index (Phi) is 3.40. The highest BCUT2D eigenvalue weighted by atomic mass is 32.2. The second kappa shape index (κ2) is 4.41. The zero-order valence-electron chi connectivity index (χ0n) is 9.11. The van der Waals surface area contributed by atoms with Crippen LogP contribution in [0.25, 0.3) is 0 Å². The van der Waals surface area contributed by atoms with Gasteiger partial charge in [-0.05, 0) is 37.1 Å². The standard InChI is InChI=1S/C10H13N3O2S/c1-7-6-10(8(2)5-9(7)12)13-16(14,15)4-3-11/h5-6,13H,4,12H2,1-2H3. The van der Waals surface area contributed by atoms with Gasteiger partial charge in [0.1, 0.15) is 0 Å². The number of nitrogens with zero attached hydrogens (tertiary/aromatic N) is 1. The molecule has 0 amide bonds. The van der Waals surface area contributed by atoms with Crippen LogP contribution in [0.1, 0.15) is 11.1 Å². The van der Waals surface area contributed by atoms with Crippen LogP contribution in [0, 0.1) is 25.2 Å². The van der Waals surface area contributed by atoms with Gasteiger partial charge >= 0.3 is 0 Å². The van der Waals surface area contributed by atoms with Crippen molar-refractivity contribution in [2.75, 3.05) is 16.2 Å². The number of hydrogen-bond donors (Lipinski definition) is 2. The average molecular weight is 239 g/mol. The number of benzene rings is 1. The molecular weight excluding hydrogens is 226 g/mol. The van der Waals surface area contributed by atoms with E-state index in [0.717, 1.165) is 11.1 Å². The maximum Gasteiger partial charge on any atom is 0.246 e. The Labute approximate surface area is 94.9 Å². The van der Waals surface area contributed by atoms with Crippen LogP contribution >= 0.6 is 0 Å². The zero-order chi connectivity index (χ0) is 12.3. The molecule has 0 aromatic heterocycles. The van der Waals surface area contributed by atoms with E-state index in [9.17, 15) is 8.42 Å². The van der Waals surface area contributed by atoms with Gasteiger partial charge in [-0.15, -0.1) is 0 Å². The summed E-state index contributed by atoms with van der Waals surface area (Å²) in [5.74, 6) is -0.560. The summed E-state index contributed by atoms with van der Waals surface area (Å²) in [7, 11) is -3.59. The fraction of sp³-hybridized carbons (Fsp3) is 0.300. The van der Waals surface area contributed by atoms with E-state index >= 15 is 0 Å². The largest absolute Gasteiger partial charge is 0.399 e. The summed E-state index contributed by atoms with van der Waals surface area (Å²) in [5, 5.41) is 8.36. The highest BCUT2D eigenvalue weighted by Crippen LogP contribution is 2.22. The molecule has 0 heterocycles. The van der Waals surface area contributed by atoms with Gasteiger partial charge in [0.25, 0.3) is 0 Å². The van der Waals surface area contributed by atoms with Crippen molar-refractivity contribution in [3.63, 3.8) is 0 Å². The fourth-order valence-electron chi connectivity index (χ4n) is 1.24. The van der Waals surface area contributed by atoms with Crippen molar-refractivity contribution in [1.82, 2.24) is 0 Å². The average Bonchev–Trinajstić information content (AvgIpc) is 2.13. The lowest BCUT2D eigenvalue weighted by atomic mass is 10.1. The summed E-state index contributed by atoms with van der Waals surface area (Å²) in [4.78, 5) is 0. The van der Waals surface area contributed by atoms with Gasteiger partial charge in [-0.3, -0.25) is 4.72 Å². The normalized spacial score (nSPS) is 10.8. The van der Waals surface area contributed by atoms with Crippen molar-refractivity contribution in [2.24, 2.45) is 0 Å². The van der Waals surface area contributed by atoms with Crippen LogP contribution in [-0.4, -0.2) is 14.2 Å². The predicted molar refractivity (Wildman–Crippen MR) is 63.4 cm³/mol. The minimum absolute atomic E-state index is 0.460. The van der Waals surface area contributed by atoms with Crippen molar-refractivity contribution in [1.29, 1.82) is 5.26 Å². The number of rotatable bonds is 3. The van der Waals surface area contributed by atoms with Gasteiger partial charge in [-0.25, -0.2) is 8.42 Å². The van der Waals surface area contributed by atoms with E-state index in [4.69, 9.17) is 11.0 Å². The molecule has 0 unspecified atom stereocenters. The van der Waals surface area contributed by atoms with E-state index in [-0.39, 0.29) is 0 Å². The Morgan fingerprint density at radius 3 is 2.56 bits per heavy atom. The smallest absolute Gasteiger partial charge is 0.246 e. The molecule has 16 heavy (non-hydrogen) atoms. The first-order chi connectivity index (χ1) is 7.35. The molecule has 0 aliphatic rings. The van der Waals surface area contributed by atoms with Gasteiger partial charge in [0.05, 0.1) is 11.8 Å². The van der Waals surface area contributed by atoms with Crippen LogP contribution in [0.15, 0.2) is 12.1 Å².